The maximum absolute atomic E-state index is 10.6. The Hall–Kier alpha value is -2.47. The molecule has 0 saturated carbocycles. The number of aromatic hydroxyl groups is 1. The minimum absolute atomic E-state index is 0.0852. The average molecular weight is 259 g/mol. The molecule has 98 valence electrons. The summed E-state index contributed by atoms with van der Waals surface area (Å²) in [7, 11) is 0. The molecule has 0 atom stereocenters. The van der Waals surface area contributed by atoms with Crippen molar-refractivity contribution in [2.45, 2.75) is 13.1 Å². The highest BCUT2D eigenvalue weighted by atomic mass is 16.6. The summed E-state index contributed by atoms with van der Waals surface area (Å²) in [5.74, 6) is 0.127. The van der Waals surface area contributed by atoms with Gasteiger partial charge in [0.2, 0.25) is 0 Å². The van der Waals surface area contributed by atoms with E-state index in [1.165, 1.54) is 18.3 Å². The maximum Gasteiger partial charge on any atom is 0.269 e. The topological polar surface area (TPSA) is 88.3 Å². The van der Waals surface area contributed by atoms with Crippen LogP contribution in [0.4, 0.5) is 5.69 Å². The summed E-state index contributed by atoms with van der Waals surface area (Å²) < 4.78 is 0. The van der Waals surface area contributed by atoms with Gasteiger partial charge in [-0.3, -0.25) is 15.1 Å². The summed E-state index contributed by atoms with van der Waals surface area (Å²) in [5.41, 5.74) is 1.72. The van der Waals surface area contributed by atoms with Gasteiger partial charge >= 0.3 is 0 Å². The normalized spacial score (nSPS) is 10.3. The molecule has 2 N–H and O–H groups in total. The van der Waals surface area contributed by atoms with Crippen molar-refractivity contribution in [3.05, 3.63) is 64.0 Å². The van der Waals surface area contributed by atoms with Gasteiger partial charge in [-0.2, -0.15) is 0 Å². The molecule has 1 heterocycles. The Morgan fingerprint density at radius 2 is 2.11 bits per heavy atom. The summed E-state index contributed by atoms with van der Waals surface area (Å²) >= 11 is 0. The van der Waals surface area contributed by atoms with Crippen molar-refractivity contribution in [1.29, 1.82) is 0 Å². The molecule has 6 nitrogen and oxygen atoms in total. The number of non-ortho nitro benzene ring substituents is 1. The van der Waals surface area contributed by atoms with Gasteiger partial charge in [-0.05, 0) is 17.7 Å². The SMILES string of the molecule is O=[N+]([O-])c1cccc(CNCc2ccc(O)cn2)c1. The van der Waals surface area contributed by atoms with Crippen molar-refractivity contribution < 1.29 is 10.0 Å². The molecule has 1 aromatic heterocycles. The minimum atomic E-state index is -0.412. The van der Waals surface area contributed by atoms with Crippen LogP contribution < -0.4 is 5.32 Å². The molecular weight excluding hydrogens is 246 g/mol. The quantitative estimate of drug-likeness (QED) is 0.633. The van der Waals surface area contributed by atoms with Gasteiger partial charge in [0.15, 0.2) is 0 Å². The van der Waals surface area contributed by atoms with E-state index in [4.69, 9.17) is 5.11 Å². The zero-order chi connectivity index (χ0) is 13.7. The van der Waals surface area contributed by atoms with Crippen molar-refractivity contribution in [1.82, 2.24) is 10.3 Å². The van der Waals surface area contributed by atoms with Crippen molar-refractivity contribution in [3.63, 3.8) is 0 Å². The zero-order valence-corrected chi connectivity index (χ0v) is 10.1. The fraction of sp³-hybridized carbons (Fsp3) is 0.154. The van der Waals surface area contributed by atoms with Crippen LogP contribution in [0.25, 0.3) is 0 Å². The Morgan fingerprint density at radius 3 is 2.79 bits per heavy atom. The first-order valence-corrected chi connectivity index (χ1v) is 5.73. The number of hydrogen-bond donors (Lipinski definition) is 2. The molecule has 19 heavy (non-hydrogen) atoms. The number of nitrogens with one attached hydrogen (secondary N) is 1. The highest BCUT2D eigenvalue weighted by Crippen LogP contribution is 2.13. The van der Waals surface area contributed by atoms with Gasteiger partial charge in [-0.25, -0.2) is 0 Å². The van der Waals surface area contributed by atoms with E-state index in [1.807, 2.05) is 6.07 Å². The molecule has 0 fully saturated rings. The molecule has 6 heteroatoms. The Kier molecular flexibility index (Phi) is 4.04. The Labute approximate surface area is 109 Å². The standard InChI is InChI=1S/C13H13N3O3/c17-13-5-4-11(15-9-13)8-14-7-10-2-1-3-12(6-10)16(18)19/h1-6,9,14,17H,7-8H2. The first-order chi connectivity index (χ1) is 9.15. The molecule has 2 rings (SSSR count). The van der Waals surface area contributed by atoms with E-state index in [-0.39, 0.29) is 11.4 Å². The lowest BCUT2D eigenvalue weighted by atomic mass is 10.2. The van der Waals surface area contributed by atoms with Crippen molar-refractivity contribution in [2.24, 2.45) is 0 Å². The lowest BCUT2D eigenvalue weighted by Gasteiger charge is -2.04. The molecule has 1 aromatic carbocycles. The fourth-order valence-corrected chi connectivity index (χ4v) is 1.64. The molecule has 0 aliphatic heterocycles. The van der Waals surface area contributed by atoms with Crippen molar-refractivity contribution >= 4 is 5.69 Å². The largest absolute Gasteiger partial charge is 0.506 e. The van der Waals surface area contributed by atoms with Crippen LogP contribution in [-0.2, 0) is 13.1 Å². The molecule has 0 spiro atoms. The third kappa shape index (κ3) is 3.75. The van der Waals surface area contributed by atoms with Crippen LogP contribution in [0, 0.1) is 10.1 Å². The van der Waals surface area contributed by atoms with E-state index in [0.717, 1.165) is 11.3 Å². The molecule has 0 amide bonds. The van der Waals surface area contributed by atoms with Crippen molar-refractivity contribution in [3.8, 4) is 5.75 Å². The van der Waals surface area contributed by atoms with Gasteiger partial charge in [0.1, 0.15) is 5.75 Å². The first kappa shape index (κ1) is 13.0. The maximum atomic E-state index is 10.6. The van der Waals surface area contributed by atoms with Crippen LogP contribution in [0.3, 0.4) is 0 Å². The fourth-order valence-electron chi connectivity index (χ4n) is 1.64. The van der Waals surface area contributed by atoms with Gasteiger partial charge in [0.25, 0.3) is 5.69 Å². The van der Waals surface area contributed by atoms with E-state index in [2.05, 4.69) is 10.3 Å². The summed E-state index contributed by atoms with van der Waals surface area (Å²) in [6.45, 7) is 1.05. The van der Waals surface area contributed by atoms with E-state index in [0.29, 0.717) is 13.1 Å². The lowest BCUT2D eigenvalue weighted by molar-refractivity contribution is -0.384. The molecule has 0 aliphatic carbocycles. The lowest BCUT2D eigenvalue weighted by Crippen LogP contribution is -2.13. The van der Waals surface area contributed by atoms with Crippen LogP contribution in [0.2, 0.25) is 0 Å². The summed E-state index contributed by atoms with van der Waals surface area (Å²) in [4.78, 5) is 14.3. The highest BCUT2D eigenvalue weighted by molar-refractivity contribution is 5.34. The molecule has 0 aliphatic rings. The van der Waals surface area contributed by atoms with Gasteiger partial charge in [-0.15, -0.1) is 0 Å². The van der Waals surface area contributed by atoms with Crippen LogP contribution in [-0.4, -0.2) is 15.0 Å². The number of benzene rings is 1. The number of nitrogens with zero attached hydrogens (tertiary/aromatic N) is 2. The second-order valence-electron chi connectivity index (χ2n) is 4.04. The summed E-state index contributed by atoms with van der Waals surface area (Å²) in [5, 5.41) is 22.9. The third-order valence-electron chi connectivity index (χ3n) is 2.57. The average Bonchev–Trinajstić information content (AvgIpc) is 2.41. The number of rotatable bonds is 5. The van der Waals surface area contributed by atoms with Gasteiger partial charge < -0.3 is 10.4 Å². The number of nitro benzene ring substituents is 1. The predicted molar refractivity (Wildman–Crippen MR) is 69.5 cm³/mol. The van der Waals surface area contributed by atoms with E-state index in [1.54, 1.807) is 18.2 Å². The van der Waals surface area contributed by atoms with E-state index < -0.39 is 4.92 Å². The third-order valence-corrected chi connectivity index (χ3v) is 2.57. The van der Waals surface area contributed by atoms with Gasteiger partial charge in [0, 0.05) is 25.2 Å². The molecular formula is C13H13N3O3. The molecule has 0 radical (unpaired) electrons. The van der Waals surface area contributed by atoms with Crippen LogP contribution in [0.5, 0.6) is 5.75 Å². The van der Waals surface area contributed by atoms with E-state index >= 15 is 0 Å². The predicted octanol–water partition coefficient (Wildman–Crippen LogP) is 1.99. The Bertz CT molecular complexity index is 570. The second kappa shape index (κ2) is 5.92. The van der Waals surface area contributed by atoms with Crippen LogP contribution in [0.15, 0.2) is 42.6 Å². The molecule has 0 unspecified atom stereocenters. The number of pyridine rings is 1. The monoisotopic (exact) mass is 259 g/mol. The summed E-state index contributed by atoms with van der Waals surface area (Å²) in [6.07, 6.45) is 1.38. The number of nitro groups is 1. The minimum Gasteiger partial charge on any atom is -0.506 e. The van der Waals surface area contributed by atoms with Crippen LogP contribution >= 0.6 is 0 Å². The van der Waals surface area contributed by atoms with Gasteiger partial charge in [0.05, 0.1) is 16.8 Å². The van der Waals surface area contributed by atoms with Crippen molar-refractivity contribution in [2.75, 3.05) is 0 Å². The Balaban J connectivity index is 1.90. The smallest absolute Gasteiger partial charge is 0.269 e. The first-order valence-electron chi connectivity index (χ1n) is 5.73. The number of hydrogen-bond acceptors (Lipinski definition) is 5. The zero-order valence-electron chi connectivity index (χ0n) is 10.1. The summed E-state index contributed by atoms with van der Waals surface area (Å²) in [6, 6.07) is 9.77. The number of aromatic nitrogens is 1. The molecule has 2 aromatic rings. The van der Waals surface area contributed by atoms with Gasteiger partial charge in [-0.1, -0.05) is 12.1 Å². The Morgan fingerprint density at radius 1 is 1.26 bits per heavy atom. The molecule has 0 saturated heterocycles. The molecule has 0 bridgehead atoms. The highest BCUT2D eigenvalue weighted by Gasteiger charge is 2.05. The van der Waals surface area contributed by atoms with Crippen LogP contribution in [0.1, 0.15) is 11.3 Å². The van der Waals surface area contributed by atoms with E-state index in [9.17, 15) is 10.1 Å². The second-order valence-corrected chi connectivity index (χ2v) is 4.04.